The highest BCUT2D eigenvalue weighted by atomic mass is 79.9. The van der Waals surface area contributed by atoms with Gasteiger partial charge in [0.1, 0.15) is 5.82 Å². The van der Waals surface area contributed by atoms with Crippen molar-refractivity contribution in [3.8, 4) is 0 Å². The van der Waals surface area contributed by atoms with Gasteiger partial charge in [-0.1, -0.05) is 13.3 Å². The van der Waals surface area contributed by atoms with Gasteiger partial charge in [-0.3, -0.25) is 0 Å². The molecule has 0 atom stereocenters. The third-order valence-corrected chi connectivity index (χ3v) is 3.12. The van der Waals surface area contributed by atoms with Crippen LogP contribution in [0.25, 0.3) is 0 Å². The highest BCUT2D eigenvalue weighted by Crippen LogP contribution is 2.26. The van der Waals surface area contributed by atoms with Crippen molar-refractivity contribution < 1.29 is 9.13 Å². The predicted molar refractivity (Wildman–Crippen MR) is 77.3 cm³/mol. The van der Waals surface area contributed by atoms with E-state index in [1.54, 1.807) is 6.07 Å². The molecule has 0 radical (unpaired) electrons. The molecule has 0 aliphatic rings. The summed E-state index contributed by atoms with van der Waals surface area (Å²) in [6.07, 6.45) is 3.12. The molecule has 0 fully saturated rings. The lowest BCUT2D eigenvalue weighted by Gasteiger charge is -2.10. The standard InChI is InChI=1S/C13H20BrFN2O/c1-2-3-6-18-7-4-5-17-13-9-11(15)10(14)8-12(13)16/h8-9,17H,2-7,16H2,1H3. The van der Waals surface area contributed by atoms with Crippen LogP contribution in [0.3, 0.4) is 0 Å². The van der Waals surface area contributed by atoms with Gasteiger partial charge in [0, 0.05) is 25.8 Å². The molecule has 0 heterocycles. The molecule has 18 heavy (non-hydrogen) atoms. The monoisotopic (exact) mass is 318 g/mol. The zero-order valence-corrected chi connectivity index (χ0v) is 12.2. The molecule has 0 unspecified atom stereocenters. The van der Waals surface area contributed by atoms with Crippen molar-refractivity contribution >= 4 is 27.3 Å². The van der Waals surface area contributed by atoms with Gasteiger partial charge in [0.25, 0.3) is 0 Å². The second-order valence-electron chi connectivity index (χ2n) is 4.10. The van der Waals surface area contributed by atoms with Crippen LogP contribution in [0.4, 0.5) is 15.8 Å². The minimum Gasteiger partial charge on any atom is -0.397 e. The van der Waals surface area contributed by atoms with E-state index < -0.39 is 0 Å². The number of hydrogen-bond donors (Lipinski definition) is 2. The van der Waals surface area contributed by atoms with Crippen LogP contribution in [0.5, 0.6) is 0 Å². The SMILES string of the molecule is CCCCOCCCNc1cc(F)c(Br)cc1N. The molecule has 0 saturated heterocycles. The molecule has 5 heteroatoms. The van der Waals surface area contributed by atoms with E-state index in [9.17, 15) is 4.39 Å². The molecule has 1 rings (SSSR count). The normalized spacial score (nSPS) is 10.6. The van der Waals surface area contributed by atoms with E-state index in [0.717, 1.165) is 32.4 Å². The molecular weight excluding hydrogens is 299 g/mol. The van der Waals surface area contributed by atoms with E-state index in [-0.39, 0.29) is 5.82 Å². The van der Waals surface area contributed by atoms with Crippen molar-refractivity contribution in [2.24, 2.45) is 0 Å². The van der Waals surface area contributed by atoms with Gasteiger partial charge in [0.05, 0.1) is 15.8 Å². The Morgan fingerprint density at radius 2 is 2.06 bits per heavy atom. The fourth-order valence-electron chi connectivity index (χ4n) is 1.46. The highest BCUT2D eigenvalue weighted by Gasteiger charge is 2.05. The lowest BCUT2D eigenvalue weighted by molar-refractivity contribution is 0.131. The van der Waals surface area contributed by atoms with Crippen LogP contribution in [0.15, 0.2) is 16.6 Å². The van der Waals surface area contributed by atoms with E-state index in [1.165, 1.54) is 6.07 Å². The Morgan fingerprint density at radius 1 is 1.33 bits per heavy atom. The predicted octanol–water partition coefficient (Wildman–Crippen LogP) is 3.79. The van der Waals surface area contributed by atoms with E-state index in [0.29, 0.717) is 22.5 Å². The molecule has 0 spiro atoms. The maximum absolute atomic E-state index is 13.3. The molecule has 1 aromatic rings. The molecule has 0 saturated carbocycles. The van der Waals surface area contributed by atoms with Crippen LogP contribution in [0, 0.1) is 5.82 Å². The number of halogens is 2. The molecular formula is C13H20BrFN2O. The Kier molecular flexibility index (Phi) is 7.05. The second-order valence-corrected chi connectivity index (χ2v) is 4.95. The summed E-state index contributed by atoms with van der Waals surface area (Å²) in [7, 11) is 0. The number of benzene rings is 1. The first-order valence-electron chi connectivity index (χ1n) is 6.21. The zero-order chi connectivity index (χ0) is 13.4. The van der Waals surface area contributed by atoms with Crippen molar-refractivity contribution in [2.75, 3.05) is 30.8 Å². The number of hydrogen-bond acceptors (Lipinski definition) is 3. The molecule has 3 nitrogen and oxygen atoms in total. The second kappa shape index (κ2) is 8.32. The summed E-state index contributed by atoms with van der Waals surface area (Å²) < 4.78 is 19.1. The molecule has 0 aliphatic carbocycles. The maximum atomic E-state index is 13.3. The summed E-state index contributed by atoms with van der Waals surface area (Å²) in [6.45, 7) is 4.38. The Hall–Kier alpha value is -0.810. The summed E-state index contributed by atoms with van der Waals surface area (Å²) in [6, 6.07) is 2.97. The van der Waals surface area contributed by atoms with Crippen LogP contribution in [-0.2, 0) is 4.74 Å². The van der Waals surface area contributed by atoms with Gasteiger partial charge in [0.2, 0.25) is 0 Å². The van der Waals surface area contributed by atoms with Crippen LogP contribution < -0.4 is 11.1 Å². The van der Waals surface area contributed by atoms with Crippen molar-refractivity contribution in [1.82, 2.24) is 0 Å². The third kappa shape index (κ3) is 5.23. The zero-order valence-electron chi connectivity index (χ0n) is 10.6. The van der Waals surface area contributed by atoms with Crippen molar-refractivity contribution in [2.45, 2.75) is 26.2 Å². The van der Waals surface area contributed by atoms with Gasteiger partial charge in [-0.2, -0.15) is 0 Å². The smallest absolute Gasteiger partial charge is 0.139 e. The summed E-state index contributed by atoms with van der Waals surface area (Å²) in [5.41, 5.74) is 6.95. The average Bonchev–Trinajstić information content (AvgIpc) is 2.34. The number of ether oxygens (including phenoxy) is 1. The molecule has 0 amide bonds. The van der Waals surface area contributed by atoms with Crippen molar-refractivity contribution in [3.05, 3.63) is 22.4 Å². The summed E-state index contributed by atoms with van der Waals surface area (Å²) in [4.78, 5) is 0. The summed E-state index contributed by atoms with van der Waals surface area (Å²) in [5.74, 6) is -0.314. The molecule has 0 aromatic heterocycles. The first-order chi connectivity index (χ1) is 8.65. The van der Waals surface area contributed by atoms with Crippen molar-refractivity contribution in [3.63, 3.8) is 0 Å². The fraction of sp³-hybridized carbons (Fsp3) is 0.538. The first kappa shape index (κ1) is 15.2. The summed E-state index contributed by atoms with van der Waals surface area (Å²) >= 11 is 3.09. The van der Waals surface area contributed by atoms with Crippen LogP contribution in [-0.4, -0.2) is 19.8 Å². The molecule has 0 aliphatic heterocycles. The lowest BCUT2D eigenvalue weighted by Crippen LogP contribution is -2.08. The van der Waals surface area contributed by atoms with Gasteiger partial charge < -0.3 is 15.8 Å². The van der Waals surface area contributed by atoms with Crippen LogP contribution in [0.2, 0.25) is 0 Å². The maximum Gasteiger partial charge on any atom is 0.139 e. The van der Waals surface area contributed by atoms with Gasteiger partial charge in [-0.25, -0.2) is 4.39 Å². The Labute approximate surface area is 116 Å². The van der Waals surface area contributed by atoms with E-state index >= 15 is 0 Å². The number of unbranched alkanes of at least 4 members (excludes halogenated alkanes) is 1. The highest BCUT2D eigenvalue weighted by molar-refractivity contribution is 9.10. The Balaban J connectivity index is 2.25. The average molecular weight is 319 g/mol. The topological polar surface area (TPSA) is 47.3 Å². The number of nitrogen functional groups attached to an aromatic ring is 1. The molecule has 102 valence electrons. The van der Waals surface area contributed by atoms with Crippen LogP contribution >= 0.6 is 15.9 Å². The minimum atomic E-state index is -0.314. The number of anilines is 2. The minimum absolute atomic E-state index is 0.314. The number of nitrogens with one attached hydrogen (secondary N) is 1. The third-order valence-electron chi connectivity index (χ3n) is 2.52. The van der Waals surface area contributed by atoms with Crippen molar-refractivity contribution in [1.29, 1.82) is 0 Å². The van der Waals surface area contributed by atoms with Gasteiger partial charge in [0.15, 0.2) is 0 Å². The Bertz CT molecular complexity index is 374. The fourth-order valence-corrected chi connectivity index (χ4v) is 1.82. The van der Waals surface area contributed by atoms with Gasteiger partial charge in [-0.15, -0.1) is 0 Å². The van der Waals surface area contributed by atoms with E-state index in [4.69, 9.17) is 10.5 Å². The Morgan fingerprint density at radius 3 is 2.78 bits per heavy atom. The van der Waals surface area contributed by atoms with Crippen LogP contribution in [0.1, 0.15) is 26.2 Å². The lowest BCUT2D eigenvalue weighted by atomic mass is 10.2. The molecule has 3 N–H and O–H groups in total. The number of rotatable bonds is 8. The number of nitrogens with two attached hydrogens (primary N) is 1. The molecule has 0 bridgehead atoms. The van der Waals surface area contributed by atoms with E-state index in [1.807, 2.05) is 0 Å². The quantitative estimate of drug-likeness (QED) is 0.566. The largest absolute Gasteiger partial charge is 0.397 e. The van der Waals surface area contributed by atoms with E-state index in [2.05, 4.69) is 28.2 Å². The first-order valence-corrected chi connectivity index (χ1v) is 7.00. The summed E-state index contributed by atoms with van der Waals surface area (Å²) in [5, 5.41) is 3.11. The molecule has 1 aromatic carbocycles. The van der Waals surface area contributed by atoms with Gasteiger partial charge in [-0.05, 0) is 34.8 Å². The van der Waals surface area contributed by atoms with Gasteiger partial charge >= 0.3 is 0 Å².